The van der Waals surface area contributed by atoms with Crippen molar-refractivity contribution in [1.82, 2.24) is 0 Å². The van der Waals surface area contributed by atoms with Crippen LogP contribution in [-0.2, 0) is 0 Å². The van der Waals surface area contributed by atoms with Crippen LogP contribution in [0.25, 0.3) is 5.57 Å². The fraction of sp³-hybridized carbons (Fsp3) is 0.238. The number of benzene rings is 1. The summed E-state index contributed by atoms with van der Waals surface area (Å²) in [4.78, 5) is 0. The van der Waals surface area contributed by atoms with Gasteiger partial charge in [-0.15, -0.1) is 0 Å². The molecule has 0 atom stereocenters. The SMILES string of the molecule is C=C(/C=C\C=C(\C)Nc1ccc(C2=CC=CCC2)cc1)CC. The lowest BCUT2D eigenvalue weighted by atomic mass is 9.97. The van der Waals surface area contributed by atoms with E-state index in [4.69, 9.17) is 0 Å². The van der Waals surface area contributed by atoms with Crippen molar-refractivity contribution in [2.45, 2.75) is 33.1 Å². The highest BCUT2D eigenvalue weighted by molar-refractivity contribution is 5.69. The minimum atomic E-state index is 0.989. The molecule has 2 rings (SSSR count). The number of allylic oxidation sites excluding steroid dienone is 9. The van der Waals surface area contributed by atoms with Gasteiger partial charge in [-0.2, -0.15) is 0 Å². The predicted octanol–water partition coefficient (Wildman–Crippen LogP) is 6.26. The zero-order valence-corrected chi connectivity index (χ0v) is 13.6. The molecule has 22 heavy (non-hydrogen) atoms. The molecule has 0 heterocycles. The number of rotatable bonds is 6. The molecule has 114 valence electrons. The Morgan fingerprint density at radius 2 is 2.05 bits per heavy atom. The molecule has 0 spiro atoms. The molecule has 0 aliphatic heterocycles. The summed E-state index contributed by atoms with van der Waals surface area (Å²) in [5.41, 5.74) is 6.11. The number of hydrogen-bond acceptors (Lipinski definition) is 1. The second-order valence-corrected chi connectivity index (χ2v) is 5.58. The fourth-order valence-electron chi connectivity index (χ4n) is 2.33. The molecule has 1 aliphatic carbocycles. The van der Waals surface area contributed by atoms with Gasteiger partial charge in [0.25, 0.3) is 0 Å². The molecule has 1 heteroatoms. The van der Waals surface area contributed by atoms with Crippen molar-refractivity contribution in [1.29, 1.82) is 0 Å². The topological polar surface area (TPSA) is 12.0 Å². The highest BCUT2D eigenvalue weighted by Gasteiger charge is 2.03. The van der Waals surface area contributed by atoms with Crippen LogP contribution < -0.4 is 5.32 Å². The number of nitrogens with one attached hydrogen (secondary N) is 1. The summed E-state index contributed by atoms with van der Waals surface area (Å²) in [6.45, 7) is 8.14. The summed E-state index contributed by atoms with van der Waals surface area (Å²) in [5.74, 6) is 0. The second kappa shape index (κ2) is 8.23. The maximum atomic E-state index is 3.96. The van der Waals surface area contributed by atoms with E-state index in [0.29, 0.717) is 0 Å². The van der Waals surface area contributed by atoms with Crippen LogP contribution in [0, 0.1) is 0 Å². The molecule has 1 aromatic rings. The van der Waals surface area contributed by atoms with Crippen molar-refractivity contribution in [2.24, 2.45) is 0 Å². The fourth-order valence-corrected chi connectivity index (χ4v) is 2.33. The Bertz CT molecular complexity index is 624. The third-order valence-electron chi connectivity index (χ3n) is 3.74. The molecule has 0 unspecified atom stereocenters. The van der Waals surface area contributed by atoms with Gasteiger partial charge in [-0.25, -0.2) is 0 Å². The zero-order chi connectivity index (χ0) is 15.8. The molecule has 1 aliphatic rings. The van der Waals surface area contributed by atoms with E-state index in [-0.39, 0.29) is 0 Å². The number of hydrogen-bond donors (Lipinski definition) is 1. The lowest BCUT2D eigenvalue weighted by Crippen LogP contribution is -1.95. The molecule has 0 saturated carbocycles. The first-order chi connectivity index (χ1) is 10.7. The van der Waals surface area contributed by atoms with Crippen LogP contribution in [0.4, 0.5) is 5.69 Å². The summed E-state index contributed by atoms with van der Waals surface area (Å²) in [6.07, 6.45) is 16.0. The van der Waals surface area contributed by atoms with Crippen LogP contribution in [0.15, 0.2) is 78.6 Å². The standard InChI is InChI=1S/C21H25N/c1-4-17(2)9-8-10-18(3)22-21-15-13-20(14-16-21)19-11-6-5-7-12-19/h5-6,8-11,13-16,22H,2,4,7,12H2,1,3H3/b9-8-,18-10-. The van der Waals surface area contributed by atoms with Gasteiger partial charge in [0.1, 0.15) is 0 Å². The molecule has 0 amide bonds. The maximum Gasteiger partial charge on any atom is 0.0382 e. The average Bonchev–Trinajstić information content (AvgIpc) is 2.56. The first-order valence-corrected chi connectivity index (χ1v) is 7.95. The second-order valence-electron chi connectivity index (χ2n) is 5.58. The Labute approximate surface area is 134 Å². The van der Waals surface area contributed by atoms with E-state index < -0.39 is 0 Å². The summed E-state index contributed by atoms with van der Waals surface area (Å²) in [6, 6.07) is 8.66. The van der Waals surface area contributed by atoms with Gasteiger partial charge in [-0.3, -0.25) is 0 Å². The molecule has 0 bridgehead atoms. The normalized spacial score (nSPS) is 15.0. The molecule has 1 N–H and O–H groups in total. The van der Waals surface area contributed by atoms with Gasteiger partial charge in [-0.1, -0.05) is 61.6 Å². The molecule has 1 aromatic carbocycles. The van der Waals surface area contributed by atoms with E-state index in [9.17, 15) is 0 Å². The lowest BCUT2D eigenvalue weighted by molar-refractivity contribution is 1.05. The molecule has 0 radical (unpaired) electrons. The summed E-state index contributed by atoms with van der Waals surface area (Å²) in [5, 5.41) is 3.41. The van der Waals surface area contributed by atoms with E-state index in [0.717, 1.165) is 36.2 Å². The van der Waals surface area contributed by atoms with Gasteiger partial charge in [0, 0.05) is 11.4 Å². The van der Waals surface area contributed by atoms with Crippen LogP contribution in [0.1, 0.15) is 38.7 Å². The largest absolute Gasteiger partial charge is 0.359 e. The minimum absolute atomic E-state index is 0.989. The lowest BCUT2D eigenvalue weighted by Gasteiger charge is -2.11. The Hall–Kier alpha value is -2.28. The quantitative estimate of drug-likeness (QED) is 0.610. The predicted molar refractivity (Wildman–Crippen MR) is 98.7 cm³/mol. The maximum absolute atomic E-state index is 3.96. The Morgan fingerprint density at radius 3 is 2.68 bits per heavy atom. The highest BCUT2D eigenvalue weighted by Crippen LogP contribution is 2.24. The molecule has 1 nitrogen and oxygen atoms in total. The molecular weight excluding hydrogens is 266 g/mol. The van der Waals surface area contributed by atoms with Crippen LogP contribution in [-0.4, -0.2) is 0 Å². The van der Waals surface area contributed by atoms with Crippen LogP contribution in [0.5, 0.6) is 0 Å². The monoisotopic (exact) mass is 291 g/mol. The van der Waals surface area contributed by atoms with Gasteiger partial charge >= 0.3 is 0 Å². The highest BCUT2D eigenvalue weighted by atomic mass is 14.9. The van der Waals surface area contributed by atoms with Crippen LogP contribution in [0.3, 0.4) is 0 Å². The average molecular weight is 291 g/mol. The molecule has 0 aromatic heterocycles. The smallest absolute Gasteiger partial charge is 0.0382 e. The summed E-state index contributed by atoms with van der Waals surface area (Å²) < 4.78 is 0. The first kappa shape index (κ1) is 16.1. The van der Waals surface area contributed by atoms with E-state index in [2.05, 4.69) is 80.4 Å². The molecule has 0 saturated heterocycles. The van der Waals surface area contributed by atoms with Gasteiger partial charge in [0.15, 0.2) is 0 Å². The summed E-state index contributed by atoms with van der Waals surface area (Å²) in [7, 11) is 0. The van der Waals surface area contributed by atoms with Gasteiger partial charge in [-0.05, 0) is 55.5 Å². The number of anilines is 1. The zero-order valence-electron chi connectivity index (χ0n) is 13.6. The van der Waals surface area contributed by atoms with Gasteiger partial charge in [0.2, 0.25) is 0 Å². The van der Waals surface area contributed by atoms with Crippen LogP contribution >= 0.6 is 0 Å². The Morgan fingerprint density at radius 1 is 1.27 bits per heavy atom. The molecule has 0 fully saturated rings. The van der Waals surface area contributed by atoms with E-state index >= 15 is 0 Å². The van der Waals surface area contributed by atoms with Gasteiger partial charge in [0.05, 0.1) is 0 Å². The van der Waals surface area contributed by atoms with E-state index in [1.165, 1.54) is 11.1 Å². The van der Waals surface area contributed by atoms with E-state index in [1.807, 2.05) is 6.08 Å². The van der Waals surface area contributed by atoms with Gasteiger partial charge < -0.3 is 5.32 Å². The van der Waals surface area contributed by atoms with Crippen molar-refractivity contribution < 1.29 is 0 Å². The van der Waals surface area contributed by atoms with Crippen molar-refractivity contribution in [2.75, 3.05) is 5.32 Å². The van der Waals surface area contributed by atoms with E-state index in [1.54, 1.807) is 0 Å². The van der Waals surface area contributed by atoms with Crippen molar-refractivity contribution in [3.05, 3.63) is 84.1 Å². The first-order valence-electron chi connectivity index (χ1n) is 7.95. The van der Waals surface area contributed by atoms with Crippen molar-refractivity contribution >= 4 is 11.3 Å². The minimum Gasteiger partial charge on any atom is -0.359 e. The third-order valence-corrected chi connectivity index (χ3v) is 3.74. The summed E-state index contributed by atoms with van der Waals surface area (Å²) >= 11 is 0. The Balaban J connectivity index is 1.97. The van der Waals surface area contributed by atoms with Crippen molar-refractivity contribution in [3.8, 4) is 0 Å². The van der Waals surface area contributed by atoms with Crippen molar-refractivity contribution in [3.63, 3.8) is 0 Å². The Kier molecular flexibility index (Phi) is 6.02. The molecular formula is C21H25N. The third kappa shape index (κ3) is 4.92. The van der Waals surface area contributed by atoms with Crippen LogP contribution in [0.2, 0.25) is 0 Å².